The van der Waals surface area contributed by atoms with E-state index in [0.29, 0.717) is 27.9 Å². The fraction of sp³-hybridized carbons (Fsp3) is 0.263. The van der Waals surface area contributed by atoms with Gasteiger partial charge < -0.3 is 18.6 Å². The Morgan fingerprint density at radius 3 is 2.70 bits per heavy atom. The molecule has 0 saturated carbocycles. The Bertz CT molecular complexity index is 985. The third-order valence-corrected chi connectivity index (χ3v) is 4.14. The Kier molecular flexibility index (Phi) is 5.77. The summed E-state index contributed by atoms with van der Waals surface area (Å²) < 4.78 is 18.0. The number of carbonyl (C=O) groups excluding carboxylic acids is 1. The summed E-state index contributed by atoms with van der Waals surface area (Å²) in [5, 5.41) is 0.867. The number of fused-ring (bicyclic) bond motifs is 1. The smallest absolute Gasteiger partial charge is 0.338 e. The van der Waals surface area contributed by atoms with E-state index in [1.165, 1.54) is 19.2 Å². The van der Waals surface area contributed by atoms with Crippen LogP contribution in [-0.4, -0.2) is 28.6 Å². The lowest BCUT2D eigenvalue weighted by Crippen LogP contribution is -2.09. The Morgan fingerprint density at radius 2 is 2.00 bits per heavy atom. The third-order valence-electron chi connectivity index (χ3n) is 3.63. The summed E-state index contributed by atoms with van der Waals surface area (Å²) >= 11 is 12.2. The zero-order chi connectivity index (χ0) is 19.6. The van der Waals surface area contributed by atoms with Crippen molar-refractivity contribution in [2.75, 3.05) is 7.11 Å². The van der Waals surface area contributed by atoms with Crippen molar-refractivity contribution in [3.8, 4) is 11.5 Å². The highest BCUT2D eigenvalue weighted by Crippen LogP contribution is 2.37. The number of carbonyl (C=O) groups is 1. The van der Waals surface area contributed by atoms with Gasteiger partial charge in [-0.3, -0.25) is 0 Å². The third kappa shape index (κ3) is 4.46. The van der Waals surface area contributed by atoms with Gasteiger partial charge in [0, 0.05) is 12.4 Å². The average Bonchev–Trinajstić information content (AvgIpc) is 3.02. The highest BCUT2D eigenvalue weighted by molar-refractivity contribution is 6.32. The van der Waals surface area contributed by atoms with Gasteiger partial charge in [0.1, 0.15) is 12.3 Å². The van der Waals surface area contributed by atoms with Gasteiger partial charge in [0.15, 0.2) is 11.5 Å². The first-order valence-corrected chi connectivity index (χ1v) is 8.97. The molecule has 0 amide bonds. The topological polar surface area (TPSA) is 62.1 Å². The second-order valence-corrected chi connectivity index (χ2v) is 6.92. The molecule has 0 radical (unpaired) electrons. The summed E-state index contributed by atoms with van der Waals surface area (Å²) in [6.07, 6.45) is 3.40. The predicted molar refractivity (Wildman–Crippen MR) is 103 cm³/mol. The molecule has 6 nitrogen and oxygen atoms in total. The van der Waals surface area contributed by atoms with E-state index in [0.717, 1.165) is 0 Å². The Hall–Kier alpha value is -2.44. The first-order chi connectivity index (χ1) is 12.9. The summed E-state index contributed by atoms with van der Waals surface area (Å²) in [4.78, 5) is 16.8. The van der Waals surface area contributed by atoms with Crippen molar-refractivity contribution in [3.05, 3.63) is 58.0 Å². The summed E-state index contributed by atoms with van der Waals surface area (Å²) in [6, 6.07) is 6.56. The van der Waals surface area contributed by atoms with Crippen LogP contribution in [-0.2, 0) is 11.3 Å². The monoisotopic (exact) mass is 408 g/mol. The van der Waals surface area contributed by atoms with Crippen molar-refractivity contribution < 1.29 is 19.0 Å². The van der Waals surface area contributed by atoms with Crippen molar-refractivity contribution in [2.45, 2.75) is 26.6 Å². The van der Waals surface area contributed by atoms with Crippen LogP contribution < -0.4 is 9.47 Å². The molecule has 142 valence electrons. The second-order valence-electron chi connectivity index (χ2n) is 6.08. The van der Waals surface area contributed by atoms with E-state index in [1.807, 2.05) is 13.8 Å². The molecule has 27 heavy (non-hydrogen) atoms. The van der Waals surface area contributed by atoms with Gasteiger partial charge in [-0.05, 0) is 38.1 Å². The second kappa shape index (κ2) is 8.06. The molecule has 0 aliphatic carbocycles. The summed E-state index contributed by atoms with van der Waals surface area (Å²) in [7, 11) is 1.48. The van der Waals surface area contributed by atoms with Crippen LogP contribution in [0.1, 0.15) is 29.9 Å². The standard InChI is InChI=1S/C19H18Cl2N2O4/c1-11(2)27-18-15(21)6-12(7-16(18)25-3)19(24)26-10-14-9-23-8-13(20)4-5-17(23)22-14/h4-9,11H,10H2,1-3H3. The molecule has 8 heteroatoms. The van der Waals surface area contributed by atoms with E-state index in [4.69, 9.17) is 37.4 Å². The molecule has 0 N–H and O–H groups in total. The molecule has 0 bridgehead atoms. The van der Waals surface area contributed by atoms with Gasteiger partial charge in [-0.25, -0.2) is 9.78 Å². The minimum atomic E-state index is -0.540. The van der Waals surface area contributed by atoms with Crippen molar-refractivity contribution in [3.63, 3.8) is 0 Å². The van der Waals surface area contributed by atoms with E-state index in [2.05, 4.69) is 4.98 Å². The lowest BCUT2D eigenvalue weighted by atomic mass is 10.2. The van der Waals surface area contributed by atoms with Crippen LogP contribution in [0.5, 0.6) is 11.5 Å². The number of rotatable bonds is 6. The zero-order valence-electron chi connectivity index (χ0n) is 15.0. The van der Waals surface area contributed by atoms with E-state index in [9.17, 15) is 4.79 Å². The lowest BCUT2D eigenvalue weighted by molar-refractivity contribution is 0.0468. The number of ether oxygens (including phenoxy) is 3. The fourth-order valence-corrected chi connectivity index (χ4v) is 2.92. The van der Waals surface area contributed by atoms with Gasteiger partial charge in [-0.15, -0.1) is 0 Å². The van der Waals surface area contributed by atoms with Gasteiger partial charge in [-0.1, -0.05) is 23.2 Å². The molecular formula is C19H18Cl2N2O4. The minimum Gasteiger partial charge on any atom is -0.493 e. The molecule has 0 saturated heterocycles. The molecule has 0 spiro atoms. The minimum absolute atomic E-state index is 0.0162. The first kappa shape index (κ1) is 19.3. The van der Waals surface area contributed by atoms with E-state index >= 15 is 0 Å². The van der Waals surface area contributed by atoms with Crippen LogP contribution in [0.25, 0.3) is 5.65 Å². The van der Waals surface area contributed by atoms with Gasteiger partial charge in [0.25, 0.3) is 0 Å². The molecule has 3 rings (SSSR count). The quantitative estimate of drug-likeness (QED) is 0.548. The molecule has 2 heterocycles. The number of pyridine rings is 1. The number of halogens is 2. The number of nitrogens with zero attached hydrogens (tertiary/aromatic N) is 2. The maximum absolute atomic E-state index is 12.4. The van der Waals surface area contributed by atoms with Crippen LogP contribution in [0.3, 0.4) is 0 Å². The van der Waals surface area contributed by atoms with Crippen LogP contribution in [0, 0.1) is 0 Å². The first-order valence-electron chi connectivity index (χ1n) is 8.22. The number of imidazole rings is 1. The molecule has 0 aliphatic heterocycles. The van der Waals surface area contributed by atoms with Gasteiger partial charge in [0.05, 0.1) is 34.5 Å². The number of benzene rings is 1. The number of methoxy groups -OCH3 is 1. The van der Waals surface area contributed by atoms with Gasteiger partial charge >= 0.3 is 5.97 Å². The van der Waals surface area contributed by atoms with Gasteiger partial charge in [0.2, 0.25) is 0 Å². The van der Waals surface area contributed by atoms with Crippen LogP contribution in [0.15, 0.2) is 36.7 Å². The molecule has 0 aliphatic rings. The Labute approximate surface area is 166 Å². The molecular weight excluding hydrogens is 391 g/mol. The molecule has 1 aromatic carbocycles. The van der Waals surface area contributed by atoms with Crippen molar-refractivity contribution in [2.24, 2.45) is 0 Å². The van der Waals surface area contributed by atoms with Crippen molar-refractivity contribution >= 4 is 34.8 Å². The average molecular weight is 409 g/mol. The number of hydrogen-bond acceptors (Lipinski definition) is 5. The zero-order valence-corrected chi connectivity index (χ0v) is 16.5. The lowest BCUT2D eigenvalue weighted by Gasteiger charge is -2.16. The molecule has 0 fully saturated rings. The summed E-state index contributed by atoms with van der Waals surface area (Å²) in [5.41, 5.74) is 1.58. The number of esters is 1. The molecule has 2 aromatic heterocycles. The largest absolute Gasteiger partial charge is 0.493 e. The number of hydrogen-bond donors (Lipinski definition) is 0. The van der Waals surface area contributed by atoms with Crippen molar-refractivity contribution in [1.82, 2.24) is 9.38 Å². The molecule has 0 atom stereocenters. The predicted octanol–water partition coefficient (Wildman–Crippen LogP) is 4.79. The van der Waals surface area contributed by atoms with E-state index < -0.39 is 5.97 Å². The Morgan fingerprint density at radius 1 is 1.22 bits per heavy atom. The Balaban J connectivity index is 1.76. The van der Waals surface area contributed by atoms with Crippen LogP contribution >= 0.6 is 23.2 Å². The van der Waals surface area contributed by atoms with Gasteiger partial charge in [-0.2, -0.15) is 0 Å². The van der Waals surface area contributed by atoms with Crippen molar-refractivity contribution in [1.29, 1.82) is 0 Å². The summed E-state index contributed by atoms with van der Waals surface area (Å²) in [6.45, 7) is 3.77. The van der Waals surface area contributed by atoms with E-state index in [1.54, 1.807) is 28.9 Å². The normalized spacial score (nSPS) is 11.0. The number of aromatic nitrogens is 2. The molecule has 0 unspecified atom stereocenters. The highest BCUT2D eigenvalue weighted by atomic mass is 35.5. The maximum Gasteiger partial charge on any atom is 0.338 e. The molecule has 3 aromatic rings. The van der Waals surface area contributed by atoms with E-state index in [-0.39, 0.29) is 23.3 Å². The SMILES string of the molecule is COc1cc(C(=O)OCc2cn3cc(Cl)ccc3n2)cc(Cl)c1OC(C)C. The van der Waals surface area contributed by atoms with Crippen LogP contribution in [0.2, 0.25) is 10.0 Å². The highest BCUT2D eigenvalue weighted by Gasteiger charge is 2.18. The van der Waals surface area contributed by atoms with Crippen LogP contribution in [0.4, 0.5) is 0 Å². The maximum atomic E-state index is 12.4. The fourth-order valence-electron chi connectivity index (χ4n) is 2.50. The summed E-state index contributed by atoms with van der Waals surface area (Å²) in [5.74, 6) is 0.217.